The first-order valence-electron chi connectivity index (χ1n) is 12.5. The van der Waals surface area contributed by atoms with Crippen LogP contribution in [0.25, 0.3) is 11.2 Å². The fraction of sp³-hybridized carbons (Fsp3) is 0.231. The number of aromatic amines is 1. The summed E-state index contributed by atoms with van der Waals surface area (Å²) in [4.78, 5) is 67.2. The number of carboxylic acid groups (broad SMARTS) is 1. The van der Waals surface area contributed by atoms with E-state index in [-0.39, 0.29) is 48.7 Å². The second-order valence-corrected chi connectivity index (χ2v) is 11.0. The molecule has 0 saturated heterocycles. The van der Waals surface area contributed by atoms with Crippen LogP contribution in [0.5, 0.6) is 0 Å². The number of carboxylic acids is 1. The second kappa shape index (κ2) is 14.8. The molecule has 1 aromatic carbocycles. The molecular formula is C26H26N8O6S2. The Bertz CT molecular complexity index is 1600. The number of aromatic nitrogens is 5. The van der Waals surface area contributed by atoms with Gasteiger partial charge in [0.25, 0.3) is 11.5 Å². The van der Waals surface area contributed by atoms with Gasteiger partial charge in [0.2, 0.25) is 5.95 Å². The highest BCUT2D eigenvalue weighted by molar-refractivity contribution is 8.76. The molecule has 0 aliphatic heterocycles. The number of nitrogens with zero attached hydrogens (tertiary/aromatic N) is 4. The molecule has 6 N–H and O–H groups in total. The molecule has 16 heteroatoms. The lowest BCUT2D eigenvalue weighted by molar-refractivity contribution is -0.144. The molecule has 0 aliphatic rings. The van der Waals surface area contributed by atoms with Crippen LogP contribution >= 0.6 is 21.6 Å². The molecular weight excluding hydrogens is 584 g/mol. The highest BCUT2D eigenvalue weighted by atomic mass is 33.1. The van der Waals surface area contributed by atoms with Crippen molar-refractivity contribution in [3.63, 3.8) is 0 Å². The van der Waals surface area contributed by atoms with Crippen molar-refractivity contribution in [1.82, 2.24) is 30.2 Å². The number of rotatable bonds is 14. The summed E-state index contributed by atoms with van der Waals surface area (Å²) < 4.78 is 5.16. The molecule has 0 radical (unpaired) electrons. The van der Waals surface area contributed by atoms with Gasteiger partial charge in [-0.25, -0.2) is 19.7 Å². The SMILES string of the molecule is Nc1nc2ncc(CNc3ccc(C(=O)N[C@@H](CCC(=O)OCCSSc4ccccn4)C(=O)O)cc3)nc2c(=O)[nH]1. The molecule has 4 aromatic rings. The standard InChI is InChI=1S/C26H26N8O6S2/c27-26-33-22-21(24(37)34-26)31-17(14-30-22)13-29-16-6-4-15(5-7-16)23(36)32-18(25(38)39)8-9-20(35)40-11-12-41-42-19-3-1-2-10-28-19/h1-7,10,14,18,29H,8-9,11-13H2,(H,32,36)(H,38,39)(H3,27,30,33,34,37)/t18-/m0/s1. The first-order chi connectivity index (χ1) is 20.3. The first kappa shape index (κ1) is 30.3. The van der Waals surface area contributed by atoms with Crippen molar-refractivity contribution in [2.24, 2.45) is 0 Å². The summed E-state index contributed by atoms with van der Waals surface area (Å²) >= 11 is 0. The minimum atomic E-state index is -1.27. The molecule has 0 saturated carbocycles. The number of anilines is 2. The molecule has 0 fully saturated rings. The molecule has 42 heavy (non-hydrogen) atoms. The normalized spacial score (nSPS) is 11.5. The van der Waals surface area contributed by atoms with Crippen LogP contribution in [0.3, 0.4) is 0 Å². The molecule has 14 nitrogen and oxygen atoms in total. The predicted molar refractivity (Wildman–Crippen MR) is 158 cm³/mol. The number of ether oxygens (including phenoxy) is 1. The monoisotopic (exact) mass is 610 g/mol. The number of amides is 1. The molecule has 3 aromatic heterocycles. The summed E-state index contributed by atoms with van der Waals surface area (Å²) in [6.45, 7) is 0.406. The lowest BCUT2D eigenvalue weighted by atomic mass is 10.1. The molecule has 0 unspecified atom stereocenters. The van der Waals surface area contributed by atoms with Crippen molar-refractivity contribution in [3.8, 4) is 0 Å². The number of hydrogen-bond acceptors (Lipinski definition) is 13. The van der Waals surface area contributed by atoms with Gasteiger partial charge >= 0.3 is 11.9 Å². The Morgan fingerprint density at radius 2 is 1.90 bits per heavy atom. The zero-order valence-electron chi connectivity index (χ0n) is 22.0. The number of aliphatic carboxylic acids is 1. The minimum Gasteiger partial charge on any atom is -0.480 e. The Kier molecular flexibility index (Phi) is 10.7. The second-order valence-electron chi connectivity index (χ2n) is 8.61. The van der Waals surface area contributed by atoms with Gasteiger partial charge in [0.05, 0.1) is 18.4 Å². The fourth-order valence-corrected chi connectivity index (χ4v) is 5.22. The Hall–Kier alpha value is -4.70. The van der Waals surface area contributed by atoms with E-state index in [0.29, 0.717) is 17.1 Å². The number of nitrogens with two attached hydrogens (primary N) is 1. The van der Waals surface area contributed by atoms with E-state index in [1.807, 2.05) is 18.2 Å². The molecule has 218 valence electrons. The predicted octanol–water partition coefficient (Wildman–Crippen LogP) is 2.25. The van der Waals surface area contributed by atoms with Crippen LogP contribution < -0.4 is 21.9 Å². The average Bonchev–Trinajstić information content (AvgIpc) is 2.98. The van der Waals surface area contributed by atoms with Crippen LogP contribution in [0, 0.1) is 0 Å². The fourth-order valence-electron chi connectivity index (χ4n) is 3.51. The molecule has 1 amide bonds. The quantitative estimate of drug-likeness (QED) is 0.0786. The van der Waals surface area contributed by atoms with Crippen LogP contribution in [-0.2, 0) is 20.9 Å². The van der Waals surface area contributed by atoms with Gasteiger partial charge in [-0.05, 0) is 53.6 Å². The Balaban J connectivity index is 1.20. The van der Waals surface area contributed by atoms with E-state index in [2.05, 4.69) is 35.6 Å². The van der Waals surface area contributed by atoms with Gasteiger partial charge < -0.3 is 26.2 Å². The Morgan fingerprint density at radius 3 is 2.64 bits per heavy atom. The third-order valence-electron chi connectivity index (χ3n) is 5.56. The van der Waals surface area contributed by atoms with Gasteiger partial charge in [-0.15, -0.1) is 0 Å². The van der Waals surface area contributed by atoms with Gasteiger partial charge in [0, 0.05) is 29.6 Å². The maximum Gasteiger partial charge on any atom is 0.326 e. The van der Waals surface area contributed by atoms with Crippen LogP contribution in [-0.4, -0.2) is 66.3 Å². The van der Waals surface area contributed by atoms with Crippen LogP contribution in [0.2, 0.25) is 0 Å². The smallest absolute Gasteiger partial charge is 0.326 e. The number of carbonyl (C=O) groups excluding carboxylic acids is 2. The molecule has 4 rings (SSSR count). The third kappa shape index (κ3) is 8.90. The van der Waals surface area contributed by atoms with Gasteiger partial charge in [0.15, 0.2) is 11.2 Å². The summed E-state index contributed by atoms with van der Waals surface area (Å²) in [7, 11) is 2.95. The van der Waals surface area contributed by atoms with Crippen LogP contribution in [0.4, 0.5) is 11.6 Å². The maximum atomic E-state index is 12.6. The number of fused-ring (bicyclic) bond motifs is 1. The summed E-state index contributed by atoms with van der Waals surface area (Å²) in [6, 6.07) is 10.6. The van der Waals surface area contributed by atoms with E-state index in [4.69, 9.17) is 10.5 Å². The largest absolute Gasteiger partial charge is 0.480 e. The van der Waals surface area contributed by atoms with Crippen molar-refractivity contribution < 1.29 is 24.2 Å². The summed E-state index contributed by atoms with van der Waals surface area (Å²) in [5.74, 6) is -1.91. The van der Waals surface area contributed by atoms with E-state index in [0.717, 1.165) is 5.03 Å². The van der Waals surface area contributed by atoms with E-state index in [9.17, 15) is 24.3 Å². The molecule has 0 spiro atoms. The lowest BCUT2D eigenvalue weighted by Gasteiger charge is -2.14. The number of esters is 1. The van der Waals surface area contributed by atoms with E-state index in [1.54, 1.807) is 18.3 Å². The number of benzene rings is 1. The molecule has 3 heterocycles. The van der Waals surface area contributed by atoms with E-state index in [1.165, 1.54) is 39.9 Å². The van der Waals surface area contributed by atoms with Crippen molar-refractivity contribution >= 4 is 62.2 Å². The van der Waals surface area contributed by atoms with Crippen molar-refractivity contribution in [2.45, 2.75) is 30.5 Å². The number of hydrogen-bond donors (Lipinski definition) is 5. The van der Waals surface area contributed by atoms with Gasteiger partial charge in [-0.1, -0.05) is 16.9 Å². The third-order valence-corrected chi connectivity index (χ3v) is 7.79. The van der Waals surface area contributed by atoms with Gasteiger partial charge in [-0.2, -0.15) is 4.98 Å². The highest BCUT2D eigenvalue weighted by Gasteiger charge is 2.22. The Morgan fingerprint density at radius 1 is 1.10 bits per heavy atom. The molecule has 0 bridgehead atoms. The van der Waals surface area contributed by atoms with E-state index >= 15 is 0 Å². The number of nitrogens with one attached hydrogen (secondary N) is 3. The first-order valence-corrected chi connectivity index (χ1v) is 14.9. The number of H-pyrrole nitrogens is 1. The number of nitrogen functional groups attached to an aromatic ring is 1. The lowest BCUT2D eigenvalue weighted by Crippen LogP contribution is -2.41. The molecule has 0 aliphatic carbocycles. The number of carbonyl (C=O) groups is 3. The van der Waals surface area contributed by atoms with Crippen molar-refractivity contribution in [2.75, 3.05) is 23.4 Å². The van der Waals surface area contributed by atoms with E-state index < -0.39 is 29.4 Å². The highest BCUT2D eigenvalue weighted by Crippen LogP contribution is 2.28. The van der Waals surface area contributed by atoms with Crippen molar-refractivity contribution in [1.29, 1.82) is 0 Å². The Labute approximate surface area is 246 Å². The average molecular weight is 611 g/mol. The van der Waals surface area contributed by atoms with Gasteiger partial charge in [-0.3, -0.25) is 19.4 Å². The zero-order chi connectivity index (χ0) is 29.9. The molecule has 1 atom stereocenters. The van der Waals surface area contributed by atoms with Crippen LogP contribution in [0.15, 0.2) is 64.7 Å². The topological polar surface area (TPSA) is 215 Å². The minimum absolute atomic E-state index is 0.0495. The van der Waals surface area contributed by atoms with Crippen LogP contribution in [0.1, 0.15) is 28.9 Å². The van der Waals surface area contributed by atoms with Crippen molar-refractivity contribution in [3.05, 3.63) is 76.5 Å². The summed E-state index contributed by atoms with van der Waals surface area (Å²) in [5, 5.41) is 15.9. The van der Waals surface area contributed by atoms with Gasteiger partial charge in [0.1, 0.15) is 17.7 Å². The summed E-state index contributed by atoms with van der Waals surface area (Å²) in [5.41, 5.74) is 6.57. The summed E-state index contributed by atoms with van der Waals surface area (Å²) in [6.07, 6.45) is 2.88. The maximum absolute atomic E-state index is 12.6. The zero-order valence-corrected chi connectivity index (χ0v) is 23.6. The number of pyridine rings is 1.